The number of primary amides is 1. The van der Waals surface area contributed by atoms with Gasteiger partial charge in [0.2, 0.25) is 0 Å². The maximum atomic E-state index is 11.4. The number of para-hydroxylation sites is 1. The molecule has 1 heterocycles. The van der Waals surface area contributed by atoms with E-state index in [1.165, 1.54) is 0 Å². The lowest BCUT2D eigenvalue weighted by atomic mass is 10.2. The van der Waals surface area contributed by atoms with E-state index in [9.17, 15) is 4.79 Å². The van der Waals surface area contributed by atoms with E-state index in [0.717, 1.165) is 17.9 Å². The lowest BCUT2D eigenvalue weighted by molar-refractivity contribution is 0.100. The molecule has 1 aromatic carbocycles. The maximum absolute atomic E-state index is 11.4. The molecule has 0 bridgehead atoms. The predicted octanol–water partition coefficient (Wildman–Crippen LogP) is 1.97. The number of nitrogens with zero attached hydrogens (tertiary/aromatic N) is 1. The number of aromatic nitrogens is 2. The molecule has 0 aliphatic rings. The molecule has 0 radical (unpaired) electrons. The van der Waals surface area contributed by atoms with E-state index in [1.807, 2.05) is 13.0 Å². The highest BCUT2D eigenvalue weighted by Gasteiger charge is 2.14. The number of carbonyl (C=O) groups excluding carboxylic acids is 1. The molecule has 4 N–H and O–H groups in total. The number of aromatic amines is 1. The fourth-order valence-electron chi connectivity index (χ4n) is 1.96. The minimum absolute atomic E-state index is 0.107. The first-order valence-corrected chi connectivity index (χ1v) is 6.51. The molecule has 0 spiro atoms. The molecule has 1 atom stereocenters. The fraction of sp³-hybridized carbons (Fsp3) is 0.429. The van der Waals surface area contributed by atoms with Gasteiger partial charge < -0.3 is 16.0 Å². The summed E-state index contributed by atoms with van der Waals surface area (Å²) in [5, 5.41) is 3.40. The smallest absolute Gasteiger partial charge is 0.250 e. The first-order valence-electron chi connectivity index (χ1n) is 6.51. The largest absolute Gasteiger partial charge is 0.366 e. The normalized spacial score (nSPS) is 13.1. The van der Waals surface area contributed by atoms with Crippen molar-refractivity contribution in [2.45, 2.75) is 26.8 Å². The van der Waals surface area contributed by atoms with Gasteiger partial charge in [0.1, 0.15) is 11.3 Å². The summed E-state index contributed by atoms with van der Waals surface area (Å²) < 4.78 is 0. The van der Waals surface area contributed by atoms with Gasteiger partial charge in [0.05, 0.1) is 17.1 Å². The number of fused-ring (bicyclic) bond motifs is 1. The monoisotopic (exact) mass is 260 g/mol. The van der Waals surface area contributed by atoms with Crippen LogP contribution in [-0.2, 0) is 0 Å². The van der Waals surface area contributed by atoms with Gasteiger partial charge in [0, 0.05) is 0 Å². The van der Waals surface area contributed by atoms with Crippen molar-refractivity contribution in [3.05, 3.63) is 29.6 Å². The molecule has 0 fully saturated rings. The van der Waals surface area contributed by atoms with E-state index in [4.69, 9.17) is 5.73 Å². The summed E-state index contributed by atoms with van der Waals surface area (Å²) in [4.78, 5) is 19.1. The molecule has 0 saturated carbocycles. The predicted molar refractivity (Wildman–Crippen MR) is 75.9 cm³/mol. The third kappa shape index (κ3) is 2.93. The zero-order valence-corrected chi connectivity index (χ0v) is 11.5. The van der Waals surface area contributed by atoms with Crippen LogP contribution in [0.3, 0.4) is 0 Å². The van der Waals surface area contributed by atoms with E-state index in [0.29, 0.717) is 17.0 Å². The summed E-state index contributed by atoms with van der Waals surface area (Å²) in [6, 6.07) is 5.50. The van der Waals surface area contributed by atoms with E-state index < -0.39 is 5.91 Å². The highest BCUT2D eigenvalue weighted by Crippen LogP contribution is 2.19. The minimum Gasteiger partial charge on any atom is -0.366 e. The Morgan fingerprint density at radius 1 is 1.42 bits per heavy atom. The van der Waals surface area contributed by atoms with Gasteiger partial charge in [-0.15, -0.1) is 0 Å². The number of rotatable bonds is 5. The maximum Gasteiger partial charge on any atom is 0.250 e. The number of nitrogens with two attached hydrogens (primary N) is 1. The summed E-state index contributed by atoms with van der Waals surface area (Å²) in [6.45, 7) is 7.28. The van der Waals surface area contributed by atoms with Gasteiger partial charge in [0.25, 0.3) is 5.91 Å². The van der Waals surface area contributed by atoms with Gasteiger partial charge in [-0.05, 0) is 31.5 Å². The topological polar surface area (TPSA) is 83.8 Å². The highest BCUT2D eigenvalue weighted by molar-refractivity contribution is 6.04. The van der Waals surface area contributed by atoms with Crippen molar-refractivity contribution in [3.63, 3.8) is 0 Å². The average molecular weight is 260 g/mol. The molecular weight excluding hydrogens is 240 g/mol. The number of imidazole rings is 1. The van der Waals surface area contributed by atoms with Gasteiger partial charge in [-0.2, -0.15) is 0 Å². The minimum atomic E-state index is -0.452. The highest BCUT2D eigenvalue weighted by atomic mass is 16.1. The summed E-state index contributed by atoms with van der Waals surface area (Å²) in [6.07, 6.45) is 0. The molecule has 0 saturated heterocycles. The molecule has 5 nitrogen and oxygen atoms in total. The molecule has 0 aliphatic carbocycles. The number of hydrogen-bond acceptors (Lipinski definition) is 3. The van der Waals surface area contributed by atoms with E-state index in [2.05, 4.69) is 29.1 Å². The summed E-state index contributed by atoms with van der Waals surface area (Å²) >= 11 is 0. The molecule has 2 aromatic rings. The van der Waals surface area contributed by atoms with Crippen molar-refractivity contribution in [1.82, 2.24) is 15.3 Å². The quantitative estimate of drug-likeness (QED) is 0.768. The Morgan fingerprint density at radius 3 is 2.79 bits per heavy atom. The van der Waals surface area contributed by atoms with Crippen LogP contribution in [0.25, 0.3) is 11.0 Å². The molecular formula is C14H20N4O. The second-order valence-corrected chi connectivity index (χ2v) is 5.21. The van der Waals surface area contributed by atoms with Crippen molar-refractivity contribution in [2.24, 2.45) is 11.7 Å². The van der Waals surface area contributed by atoms with Crippen molar-refractivity contribution >= 4 is 16.9 Å². The first-order chi connectivity index (χ1) is 8.99. The standard InChI is InChI=1S/C14H20N4O/c1-8(2)7-16-9(3)14-17-11-6-4-5-10(13(15)19)12(11)18-14/h4-6,8-9,16H,7H2,1-3H3,(H2,15,19)(H,17,18). The average Bonchev–Trinajstić information content (AvgIpc) is 2.78. The summed E-state index contributed by atoms with van der Waals surface area (Å²) in [5.74, 6) is 0.948. The van der Waals surface area contributed by atoms with Gasteiger partial charge in [-0.1, -0.05) is 19.9 Å². The van der Waals surface area contributed by atoms with Crippen molar-refractivity contribution in [3.8, 4) is 0 Å². The lowest BCUT2D eigenvalue weighted by Gasteiger charge is -2.12. The van der Waals surface area contributed by atoms with Crippen molar-refractivity contribution in [1.29, 1.82) is 0 Å². The summed E-state index contributed by atoms with van der Waals surface area (Å²) in [5.41, 5.74) is 7.29. The molecule has 102 valence electrons. The van der Waals surface area contributed by atoms with Crippen LogP contribution in [0.1, 0.15) is 43.0 Å². The molecule has 1 unspecified atom stereocenters. The number of H-pyrrole nitrogens is 1. The number of hydrogen-bond donors (Lipinski definition) is 3. The van der Waals surface area contributed by atoms with E-state index >= 15 is 0 Å². The molecule has 0 aliphatic heterocycles. The zero-order chi connectivity index (χ0) is 14.0. The molecule has 5 heteroatoms. The number of benzene rings is 1. The van der Waals surface area contributed by atoms with Crippen molar-refractivity contribution < 1.29 is 4.79 Å². The fourth-order valence-corrected chi connectivity index (χ4v) is 1.96. The van der Waals surface area contributed by atoms with Crippen molar-refractivity contribution in [2.75, 3.05) is 6.54 Å². The molecule has 19 heavy (non-hydrogen) atoms. The SMILES string of the molecule is CC(C)CNC(C)c1nc2c(C(N)=O)cccc2[nH]1. The van der Waals surface area contributed by atoms with Crippen LogP contribution in [0.4, 0.5) is 0 Å². The van der Waals surface area contributed by atoms with Gasteiger partial charge in [0.15, 0.2) is 0 Å². The summed E-state index contributed by atoms with van der Waals surface area (Å²) in [7, 11) is 0. The Bertz CT molecular complexity index is 588. The number of carbonyl (C=O) groups is 1. The third-order valence-electron chi connectivity index (χ3n) is 3.04. The van der Waals surface area contributed by atoms with Crippen LogP contribution in [-0.4, -0.2) is 22.4 Å². The Morgan fingerprint density at radius 2 is 2.16 bits per heavy atom. The second kappa shape index (κ2) is 5.40. The van der Waals surface area contributed by atoms with Crippen LogP contribution < -0.4 is 11.1 Å². The number of nitrogens with one attached hydrogen (secondary N) is 2. The molecule has 1 aromatic heterocycles. The Hall–Kier alpha value is -1.88. The molecule has 1 amide bonds. The zero-order valence-electron chi connectivity index (χ0n) is 11.5. The first kappa shape index (κ1) is 13.5. The van der Waals surface area contributed by atoms with Gasteiger partial charge >= 0.3 is 0 Å². The lowest BCUT2D eigenvalue weighted by Crippen LogP contribution is -2.24. The van der Waals surface area contributed by atoms with Crippen LogP contribution in [0.15, 0.2) is 18.2 Å². The van der Waals surface area contributed by atoms with Crippen LogP contribution in [0.5, 0.6) is 0 Å². The van der Waals surface area contributed by atoms with Crippen LogP contribution in [0, 0.1) is 5.92 Å². The molecule has 2 rings (SSSR count). The van der Waals surface area contributed by atoms with E-state index in [1.54, 1.807) is 12.1 Å². The second-order valence-electron chi connectivity index (χ2n) is 5.21. The Kier molecular flexibility index (Phi) is 3.85. The number of amides is 1. The van der Waals surface area contributed by atoms with Crippen LogP contribution >= 0.6 is 0 Å². The van der Waals surface area contributed by atoms with Crippen LogP contribution in [0.2, 0.25) is 0 Å². The van der Waals surface area contributed by atoms with E-state index in [-0.39, 0.29) is 6.04 Å². The van der Waals surface area contributed by atoms with Gasteiger partial charge in [-0.25, -0.2) is 4.98 Å². The van der Waals surface area contributed by atoms with Gasteiger partial charge in [-0.3, -0.25) is 4.79 Å². The Labute approximate surface area is 112 Å². The Balaban J connectivity index is 2.31. The third-order valence-corrected chi connectivity index (χ3v) is 3.04.